The van der Waals surface area contributed by atoms with E-state index >= 15 is 0 Å². The lowest BCUT2D eigenvalue weighted by atomic mass is 9.98. The number of nitrogens with two attached hydrogens (primary N) is 1. The van der Waals surface area contributed by atoms with Gasteiger partial charge < -0.3 is 15.2 Å². The van der Waals surface area contributed by atoms with Gasteiger partial charge in [-0.2, -0.15) is 0 Å². The summed E-state index contributed by atoms with van der Waals surface area (Å²) < 4.78 is 10.7. The van der Waals surface area contributed by atoms with Crippen molar-refractivity contribution in [2.45, 2.75) is 37.6 Å². The molecule has 4 heteroatoms. The van der Waals surface area contributed by atoms with Gasteiger partial charge in [-0.25, -0.2) is 0 Å². The zero-order valence-electron chi connectivity index (χ0n) is 12.5. The molecule has 1 unspecified atom stereocenters. The molecule has 1 aromatic carbocycles. The lowest BCUT2D eigenvalue weighted by Gasteiger charge is -2.18. The molecule has 0 aliphatic heterocycles. The zero-order chi connectivity index (χ0) is 14.4. The molecule has 1 aromatic rings. The van der Waals surface area contributed by atoms with E-state index in [1.807, 2.05) is 12.1 Å². The molecule has 0 amide bonds. The molecular formula is C15H25NO2S. The molecule has 3 nitrogen and oxygen atoms in total. The highest BCUT2D eigenvalue weighted by Gasteiger charge is 2.14. The maximum absolute atomic E-state index is 6.21. The molecule has 19 heavy (non-hydrogen) atoms. The number of thioether (sulfide) groups is 1. The van der Waals surface area contributed by atoms with Crippen molar-refractivity contribution in [3.05, 3.63) is 17.7 Å². The van der Waals surface area contributed by atoms with Gasteiger partial charge in [0.2, 0.25) is 0 Å². The molecule has 0 heterocycles. The molecule has 0 aliphatic carbocycles. The summed E-state index contributed by atoms with van der Waals surface area (Å²) in [7, 11) is 3.32. The van der Waals surface area contributed by atoms with E-state index < -0.39 is 0 Å². The lowest BCUT2D eigenvalue weighted by Crippen LogP contribution is -2.25. The second kappa shape index (κ2) is 7.65. The molecule has 1 rings (SSSR count). The molecule has 108 valence electrons. The first-order valence-electron chi connectivity index (χ1n) is 6.56. The number of rotatable bonds is 7. The van der Waals surface area contributed by atoms with E-state index in [1.54, 1.807) is 26.0 Å². The van der Waals surface area contributed by atoms with Crippen molar-refractivity contribution >= 4 is 11.8 Å². The summed E-state index contributed by atoms with van der Waals surface area (Å²) in [5, 5.41) is 0. The molecule has 2 N–H and O–H groups in total. The van der Waals surface area contributed by atoms with Gasteiger partial charge in [0.1, 0.15) is 0 Å². The topological polar surface area (TPSA) is 44.5 Å². The molecule has 0 aromatic heterocycles. The van der Waals surface area contributed by atoms with Crippen LogP contribution >= 0.6 is 11.8 Å². The van der Waals surface area contributed by atoms with Gasteiger partial charge >= 0.3 is 0 Å². The molecule has 0 aliphatic rings. The summed E-state index contributed by atoms with van der Waals surface area (Å²) >= 11 is 1.71. The molecule has 0 spiro atoms. The van der Waals surface area contributed by atoms with Crippen LogP contribution in [-0.2, 0) is 6.42 Å². The Morgan fingerprint density at radius 1 is 1.16 bits per heavy atom. The van der Waals surface area contributed by atoms with E-state index in [1.165, 1.54) is 10.5 Å². The standard InChI is InChI=1S/C15H25NO2S/c1-10(2)6-12(16)7-11-8-13(17-3)14(18-4)9-15(11)19-5/h8-10,12H,6-7,16H2,1-5H3. The highest BCUT2D eigenvalue weighted by Crippen LogP contribution is 2.35. The van der Waals surface area contributed by atoms with Crippen LogP contribution in [0.4, 0.5) is 0 Å². The van der Waals surface area contributed by atoms with Crippen LogP contribution in [0.3, 0.4) is 0 Å². The van der Waals surface area contributed by atoms with Crippen LogP contribution in [-0.4, -0.2) is 26.5 Å². The van der Waals surface area contributed by atoms with Crippen LogP contribution in [0.2, 0.25) is 0 Å². The van der Waals surface area contributed by atoms with Gasteiger partial charge in [-0.15, -0.1) is 11.8 Å². The van der Waals surface area contributed by atoms with Crippen molar-refractivity contribution in [2.24, 2.45) is 11.7 Å². The minimum Gasteiger partial charge on any atom is -0.493 e. The third-order valence-corrected chi connectivity index (χ3v) is 3.86. The Kier molecular flexibility index (Phi) is 6.52. The van der Waals surface area contributed by atoms with E-state index in [2.05, 4.69) is 20.1 Å². The SMILES string of the molecule is COc1cc(CC(N)CC(C)C)c(SC)cc1OC. The summed E-state index contributed by atoms with van der Waals surface area (Å²) in [6.45, 7) is 4.40. The van der Waals surface area contributed by atoms with Crippen molar-refractivity contribution in [3.8, 4) is 11.5 Å². The molecule has 0 radical (unpaired) electrons. The third kappa shape index (κ3) is 4.62. The van der Waals surface area contributed by atoms with Crippen molar-refractivity contribution in [3.63, 3.8) is 0 Å². The lowest BCUT2D eigenvalue weighted by molar-refractivity contribution is 0.353. The van der Waals surface area contributed by atoms with Gasteiger partial charge in [-0.3, -0.25) is 0 Å². The molecule has 0 bridgehead atoms. The van der Waals surface area contributed by atoms with Gasteiger partial charge in [0.05, 0.1) is 14.2 Å². The Morgan fingerprint density at radius 3 is 2.21 bits per heavy atom. The predicted molar refractivity (Wildman–Crippen MR) is 82.5 cm³/mol. The Balaban J connectivity index is 2.98. The zero-order valence-corrected chi connectivity index (χ0v) is 13.3. The third-order valence-electron chi connectivity index (χ3n) is 3.04. The Labute approximate surface area is 120 Å². The van der Waals surface area contributed by atoms with E-state index in [9.17, 15) is 0 Å². The van der Waals surface area contributed by atoms with Crippen LogP contribution < -0.4 is 15.2 Å². The van der Waals surface area contributed by atoms with Crippen LogP contribution in [0.5, 0.6) is 11.5 Å². The molecule has 0 fully saturated rings. The smallest absolute Gasteiger partial charge is 0.161 e. The van der Waals surface area contributed by atoms with E-state index in [-0.39, 0.29) is 6.04 Å². The normalized spacial score (nSPS) is 12.6. The fourth-order valence-corrected chi connectivity index (χ4v) is 2.85. The minimum absolute atomic E-state index is 0.184. The van der Waals surface area contributed by atoms with Gasteiger partial charge in [0.15, 0.2) is 11.5 Å². The first kappa shape index (κ1) is 16.2. The number of hydrogen-bond acceptors (Lipinski definition) is 4. The summed E-state index contributed by atoms with van der Waals surface area (Å²) in [5.41, 5.74) is 7.45. The second-order valence-corrected chi connectivity index (χ2v) is 5.96. The number of ether oxygens (including phenoxy) is 2. The van der Waals surface area contributed by atoms with E-state index in [0.717, 1.165) is 24.3 Å². The van der Waals surface area contributed by atoms with Gasteiger partial charge in [-0.1, -0.05) is 13.8 Å². The first-order chi connectivity index (χ1) is 9.01. The van der Waals surface area contributed by atoms with Gasteiger partial charge in [-0.05, 0) is 42.7 Å². The molecule has 0 saturated carbocycles. The molecule has 0 saturated heterocycles. The minimum atomic E-state index is 0.184. The maximum atomic E-state index is 6.21. The van der Waals surface area contributed by atoms with Gasteiger partial charge in [0.25, 0.3) is 0 Å². The average Bonchev–Trinajstić information content (AvgIpc) is 2.37. The predicted octanol–water partition coefficient (Wildman–Crippen LogP) is 3.34. The van der Waals surface area contributed by atoms with Crippen LogP contribution in [0.25, 0.3) is 0 Å². The van der Waals surface area contributed by atoms with Crippen molar-refractivity contribution in [2.75, 3.05) is 20.5 Å². The molecular weight excluding hydrogens is 258 g/mol. The Bertz CT molecular complexity index is 407. The number of hydrogen-bond donors (Lipinski definition) is 1. The number of methoxy groups -OCH3 is 2. The van der Waals surface area contributed by atoms with Crippen LogP contribution in [0.1, 0.15) is 25.8 Å². The van der Waals surface area contributed by atoms with E-state index in [4.69, 9.17) is 15.2 Å². The Hall–Kier alpha value is -0.870. The largest absolute Gasteiger partial charge is 0.493 e. The average molecular weight is 283 g/mol. The van der Waals surface area contributed by atoms with Gasteiger partial charge in [0, 0.05) is 10.9 Å². The Morgan fingerprint density at radius 2 is 1.74 bits per heavy atom. The fourth-order valence-electron chi connectivity index (χ4n) is 2.22. The highest BCUT2D eigenvalue weighted by molar-refractivity contribution is 7.98. The van der Waals surface area contributed by atoms with Crippen molar-refractivity contribution in [1.29, 1.82) is 0 Å². The second-order valence-electron chi connectivity index (χ2n) is 5.11. The monoisotopic (exact) mass is 283 g/mol. The van der Waals surface area contributed by atoms with Crippen LogP contribution in [0, 0.1) is 5.92 Å². The summed E-state index contributed by atoms with van der Waals surface area (Å²) in [6, 6.07) is 4.26. The summed E-state index contributed by atoms with van der Waals surface area (Å²) in [4.78, 5) is 1.21. The highest BCUT2D eigenvalue weighted by atomic mass is 32.2. The number of benzene rings is 1. The summed E-state index contributed by atoms with van der Waals surface area (Å²) in [6.07, 6.45) is 3.97. The van der Waals surface area contributed by atoms with E-state index in [0.29, 0.717) is 5.92 Å². The van der Waals surface area contributed by atoms with Crippen molar-refractivity contribution < 1.29 is 9.47 Å². The van der Waals surface area contributed by atoms with Crippen LogP contribution in [0.15, 0.2) is 17.0 Å². The summed E-state index contributed by atoms with van der Waals surface area (Å²) in [5.74, 6) is 2.16. The van der Waals surface area contributed by atoms with Crippen molar-refractivity contribution in [1.82, 2.24) is 0 Å². The maximum Gasteiger partial charge on any atom is 0.161 e. The quantitative estimate of drug-likeness (QED) is 0.780. The fraction of sp³-hybridized carbons (Fsp3) is 0.600. The first-order valence-corrected chi connectivity index (χ1v) is 7.78. The molecule has 1 atom stereocenters.